The van der Waals surface area contributed by atoms with Crippen LogP contribution in [0, 0.1) is 0 Å². The summed E-state index contributed by atoms with van der Waals surface area (Å²) in [4.78, 5) is 0. The number of nitrogens with one attached hydrogen (secondary N) is 1. The van der Waals surface area contributed by atoms with Crippen molar-refractivity contribution in [1.29, 1.82) is 0 Å². The molecule has 0 saturated carbocycles. The summed E-state index contributed by atoms with van der Waals surface area (Å²) in [5.74, 6) is 1.80. The monoisotopic (exact) mass is 275 g/mol. The number of benzene rings is 1. The molecule has 0 radical (unpaired) electrons. The van der Waals surface area contributed by atoms with Gasteiger partial charge < -0.3 is 19.2 Å². The molecule has 1 aromatic carbocycles. The molecule has 1 N–H and O–H groups in total. The summed E-state index contributed by atoms with van der Waals surface area (Å²) in [6, 6.07) is 12.0. The second-order valence-electron chi connectivity index (χ2n) is 4.60. The molecule has 0 aliphatic rings. The van der Waals surface area contributed by atoms with Crippen LogP contribution in [-0.4, -0.2) is 20.3 Å². The van der Waals surface area contributed by atoms with Crippen LogP contribution in [0.15, 0.2) is 47.1 Å². The Morgan fingerprint density at radius 3 is 2.90 bits per heavy atom. The third-order valence-corrected chi connectivity index (χ3v) is 3.07. The maximum Gasteiger partial charge on any atom is 0.120 e. The number of rotatable bonds is 8. The molecule has 2 aromatic rings. The quantitative estimate of drug-likeness (QED) is 0.752. The SMILES string of the molecule is COc1cccc(COCCNC(C)c2ccco2)c1. The van der Waals surface area contributed by atoms with Gasteiger partial charge in [0.25, 0.3) is 0 Å². The van der Waals surface area contributed by atoms with Gasteiger partial charge in [-0.3, -0.25) is 0 Å². The highest BCUT2D eigenvalue weighted by atomic mass is 16.5. The van der Waals surface area contributed by atoms with Gasteiger partial charge in [0.15, 0.2) is 0 Å². The third kappa shape index (κ3) is 4.40. The molecule has 0 aliphatic carbocycles. The van der Waals surface area contributed by atoms with E-state index in [9.17, 15) is 0 Å². The first kappa shape index (κ1) is 14.6. The average molecular weight is 275 g/mol. The standard InChI is InChI=1S/C16H21NO3/c1-13(16-7-4-9-20-16)17-8-10-19-12-14-5-3-6-15(11-14)18-2/h3-7,9,11,13,17H,8,10,12H2,1-2H3. The van der Waals surface area contributed by atoms with E-state index in [1.165, 1.54) is 0 Å². The van der Waals surface area contributed by atoms with Crippen LogP contribution in [0.2, 0.25) is 0 Å². The first-order valence-electron chi connectivity index (χ1n) is 6.77. The highest BCUT2D eigenvalue weighted by Gasteiger charge is 2.06. The van der Waals surface area contributed by atoms with Gasteiger partial charge in [-0.1, -0.05) is 12.1 Å². The molecule has 108 valence electrons. The largest absolute Gasteiger partial charge is 0.497 e. The van der Waals surface area contributed by atoms with E-state index in [1.54, 1.807) is 13.4 Å². The topological polar surface area (TPSA) is 43.6 Å². The molecule has 1 atom stereocenters. The van der Waals surface area contributed by atoms with Crippen LogP contribution in [0.3, 0.4) is 0 Å². The van der Waals surface area contributed by atoms with E-state index >= 15 is 0 Å². The zero-order valence-electron chi connectivity index (χ0n) is 12.0. The molecule has 0 spiro atoms. The third-order valence-electron chi connectivity index (χ3n) is 3.07. The van der Waals surface area contributed by atoms with Gasteiger partial charge in [0, 0.05) is 6.54 Å². The highest BCUT2D eigenvalue weighted by molar-refractivity contribution is 5.27. The van der Waals surface area contributed by atoms with Gasteiger partial charge in [0.1, 0.15) is 11.5 Å². The zero-order chi connectivity index (χ0) is 14.2. The Kier molecular flexibility index (Phi) is 5.65. The molecular formula is C16H21NO3. The van der Waals surface area contributed by atoms with Crippen LogP contribution in [0.25, 0.3) is 0 Å². The van der Waals surface area contributed by atoms with Crippen molar-refractivity contribution in [2.45, 2.75) is 19.6 Å². The predicted molar refractivity (Wildman–Crippen MR) is 77.8 cm³/mol. The van der Waals surface area contributed by atoms with Crippen molar-refractivity contribution in [2.24, 2.45) is 0 Å². The van der Waals surface area contributed by atoms with Gasteiger partial charge in [0.05, 0.1) is 32.6 Å². The van der Waals surface area contributed by atoms with Gasteiger partial charge in [-0.15, -0.1) is 0 Å². The molecule has 1 aromatic heterocycles. The number of hydrogen-bond donors (Lipinski definition) is 1. The van der Waals surface area contributed by atoms with Crippen molar-refractivity contribution >= 4 is 0 Å². The fourth-order valence-corrected chi connectivity index (χ4v) is 1.94. The van der Waals surface area contributed by atoms with E-state index in [1.807, 2.05) is 36.4 Å². The molecule has 20 heavy (non-hydrogen) atoms. The Morgan fingerprint density at radius 1 is 1.25 bits per heavy atom. The van der Waals surface area contributed by atoms with E-state index in [4.69, 9.17) is 13.9 Å². The van der Waals surface area contributed by atoms with Gasteiger partial charge in [-0.25, -0.2) is 0 Å². The predicted octanol–water partition coefficient (Wildman–Crippen LogP) is 3.16. The highest BCUT2D eigenvalue weighted by Crippen LogP contribution is 2.13. The normalized spacial score (nSPS) is 12.3. The maximum atomic E-state index is 5.64. The number of methoxy groups -OCH3 is 1. The van der Waals surface area contributed by atoms with Gasteiger partial charge >= 0.3 is 0 Å². The lowest BCUT2D eigenvalue weighted by Crippen LogP contribution is -2.22. The van der Waals surface area contributed by atoms with Gasteiger partial charge in [0.2, 0.25) is 0 Å². The van der Waals surface area contributed by atoms with Gasteiger partial charge in [-0.05, 0) is 36.8 Å². The minimum Gasteiger partial charge on any atom is -0.497 e. The maximum absolute atomic E-state index is 5.64. The number of ether oxygens (including phenoxy) is 2. The fraction of sp³-hybridized carbons (Fsp3) is 0.375. The summed E-state index contributed by atoms with van der Waals surface area (Å²) in [5, 5.41) is 3.35. The molecule has 4 heteroatoms. The lowest BCUT2D eigenvalue weighted by Gasteiger charge is -2.11. The summed E-state index contributed by atoms with van der Waals surface area (Å²) in [5.41, 5.74) is 1.11. The molecular weight excluding hydrogens is 254 g/mol. The Labute approximate surface area is 119 Å². The second kappa shape index (κ2) is 7.72. The summed E-state index contributed by atoms with van der Waals surface area (Å²) >= 11 is 0. The Hall–Kier alpha value is -1.78. The molecule has 1 heterocycles. The Balaban J connectivity index is 1.64. The molecule has 0 bridgehead atoms. The van der Waals surface area contributed by atoms with E-state index in [0.29, 0.717) is 13.2 Å². The van der Waals surface area contributed by atoms with Gasteiger partial charge in [-0.2, -0.15) is 0 Å². The molecule has 1 unspecified atom stereocenters. The smallest absolute Gasteiger partial charge is 0.120 e. The minimum absolute atomic E-state index is 0.199. The Bertz CT molecular complexity index is 496. The molecule has 2 rings (SSSR count). The minimum atomic E-state index is 0.199. The fourth-order valence-electron chi connectivity index (χ4n) is 1.94. The van der Waals surface area contributed by atoms with Crippen LogP contribution in [0.4, 0.5) is 0 Å². The van der Waals surface area contributed by atoms with Crippen LogP contribution < -0.4 is 10.1 Å². The van der Waals surface area contributed by atoms with Crippen LogP contribution in [0.1, 0.15) is 24.3 Å². The van der Waals surface area contributed by atoms with Crippen LogP contribution >= 0.6 is 0 Å². The molecule has 0 fully saturated rings. The molecule has 0 aliphatic heterocycles. The summed E-state index contributed by atoms with van der Waals surface area (Å²) in [6.45, 7) is 4.10. The first-order chi connectivity index (χ1) is 9.79. The van der Waals surface area contributed by atoms with Crippen molar-refractivity contribution in [3.63, 3.8) is 0 Å². The molecule has 4 nitrogen and oxygen atoms in total. The summed E-state index contributed by atoms with van der Waals surface area (Å²) < 4.78 is 16.1. The van der Waals surface area contributed by atoms with Crippen molar-refractivity contribution in [3.8, 4) is 5.75 Å². The van der Waals surface area contributed by atoms with Crippen molar-refractivity contribution < 1.29 is 13.9 Å². The van der Waals surface area contributed by atoms with Crippen molar-refractivity contribution in [3.05, 3.63) is 54.0 Å². The van der Waals surface area contributed by atoms with E-state index in [-0.39, 0.29) is 6.04 Å². The Morgan fingerprint density at radius 2 is 2.15 bits per heavy atom. The number of furan rings is 1. The average Bonchev–Trinajstić information content (AvgIpc) is 3.01. The van der Waals surface area contributed by atoms with Crippen LogP contribution in [0.5, 0.6) is 5.75 Å². The molecule has 0 amide bonds. The lowest BCUT2D eigenvalue weighted by atomic mass is 10.2. The summed E-state index contributed by atoms with van der Waals surface area (Å²) in [7, 11) is 1.67. The van der Waals surface area contributed by atoms with E-state index in [2.05, 4.69) is 12.2 Å². The van der Waals surface area contributed by atoms with Crippen LogP contribution in [-0.2, 0) is 11.3 Å². The number of hydrogen-bond acceptors (Lipinski definition) is 4. The lowest BCUT2D eigenvalue weighted by molar-refractivity contribution is 0.120. The molecule has 0 saturated heterocycles. The van der Waals surface area contributed by atoms with Crippen molar-refractivity contribution in [2.75, 3.05) is 20.3 Å². The van der Waals surface area contributed by atoms with Crippen molar-refractivity contribution in [1.82, 2.24) is 5.32 Å². The second-order valence-corrected chi connectivity index (χ2v) is 4.60. The summed E-state index contributed by atoms with van der Waals surface area (Å²) in [6.07, 6.45) is 1.69. The zero-order valence-corrected chi connectivity index (χ0v) is 12.0. The van der Waals surface area contributed by atoms with E-state index in [0.717, 1.165) is 23.6 Å². The first-order valence-corrected chi connectivity index (χ1v) is 6.77. The van der Waals surface area contributed by atoms with E-state index < -0.39 is 0 Å².